The predicted octanol–water partition coefficient (Wildman–Crippen LogP) is 4.48. The van der Waals surface area contributed by atoms with Gasteiger partial charge in [-0.15, -0.1) is 0 Å². The van der Waals surface area contributed by atoms with Gasteiger partial charge in [-0.25, -0.2) is 4.90 Å². The van der Waals surface area contributed by atoms with Crippen LogP contribution in [0.25, 0.3) is 0 Å². The highest BCUT2D eigenvalue weighted by Gasteiger charge is 2.65. The van der Waals surface area contributed by atoms with Crippen molar-refractivity contribution in [1.29, 1.82) is 0 Å². The second-order valence-electron chi connectivity index (χ2n) is 7.87. The third kappa shape index (κ3) is 2.76. The van der Waals surface area contributed by atoms with Crippen molar-refractivity contribution in [2.45, 2.75) is 24.9 Å². The SMILES string of the molecule is O=C(c1ccccc1Cl)C1C2C(=O)N(c3cccc(Cl)c3Cl)C(=O)C2C2CCCN21. The highest BCUT2D eigenvalue weighted by molar-refractivity contribution is 6.45. The van der Waals surface area contributed by atoms with Crippen LogP contribution in [-0.4, -0.2) is 41.1 Å². The summed E-state index contributed by atoms with van der Waals surface area (Å²) in [4.78, 5) is 43.6. The van der Waals surface area contributed by atoms with Crippen LogP contribution in [0.3, 0.4) is 0 Å². The van der Waals surface area contributed by atoms with Crippen molar-refractivity contribution >= 4 is 58.1 Å². The fraction of sp³-hybridized carbons (Fsp3) is 0.318. The molecule has 5 nitrogen and oxygen atoms in total. The van der Waals surface area contributed by atoms with Gasteiger partial charge in [0.15, 0.2) is 5.78 Å². The smallest absolute Gasteiger partial charge is 0.239 e. The Balaban J connectivity index is 1.59. The first-order valence-electron chi connectivity index (χ1n) is 9.78. The normalized spacial score (nSPS) is 28.2. The van der Waals surface area contributed by atoms with Crippen LogP contribution >= 0.6 is 34.8 Å². The molecule has 3 aliphatic rings. The number of Topliss-reactive ketones (excluding diaryl/α,β-unsaturated/α-hetero) is 1. The summed E-state index contributed by atoms with van der Waals surface area (Å²) in [5.41, 5.74) is 0.636. The van der Waals surface area contributed by atoms with Crippen molar-refractivity contribution in [3.8, 4) is 0 Å². The third-order valence-corrected chi connectivity index (χ3v) is 7.57. The summed E-state index contributed by atoms with van der Waals surface area (Å²) in [6.07, 6.45) is 1.64. The first-order valence-corrected chi connectivity index (χ1v) is 10.9. The van der Waals surface area contributed by atoms with Crippen molar-refractivity contribution in [2.24, 2.45) is 11.8 Å². The number of anilines is 1. The minimum Gasteiger partial charge on any atom is -0.292 e. The molecular formula is C22H17Cl3N2O3. The van der Waals surface area contributed by atoms with Gasteiger partial charge in [-0.1, -0.05) is 53.0 Å². The molecule has 5 rings (SSSR count). The van der Waals surface area contributed by atoms with Gasteiger partial charge in [-0.3, -0.25) is 19.3 Å². The number of carbonyl (C=O) groups excluding carboxylic acids is 3. The third-order valence-electron chi connectivity index (χ3n) is 6.43. The Hall–Kier alpha value is -1.92. The first-order chi connectivity index (χ1) is 14.4. The van der Waals surface area contributed by atoms with E-state index in [0.717, 1.165) is 17.7 Å². The molecule has 154 valence electrons. The van der Waals surface area contributed by atoms with Crippen molar-refractivity contribution in [3.05, 3.63) is 63.1 Å². The summed E-state index contributed by atoms with van der Waals surface area (Å²) in [6.45, 7) is 0.678. The minimum atomic E-state index is -0.762. The zero-order valence-electron chi connectivity index (χ0n) is 15.7. The summed E-state index contributed by atoms with van der Waals surface area (Å²) in [6, 6.07) is 10.8. The maximum Gasteiger partial charge on any atom is 0.239 e. The van der Waals surface area contributed by atoms with Gasteiger partial charge in [0, 0.05) is 11.6 Å². The van der Waals surface area contributed by atoms with Gasteiger partial charge in [0.2, 0.25) is 11.8 Å². The van der Waals surface area contributed by atoms with Gasteiger partial charge in [-0.05, 0) is 43.7 Å². The van der Waals surface area contributed by atoms with Crippen LogP contribution in [0.4, 0.5) is 5.69 Å². The second kappa shape index (κ2) is 7.34. The summed E-state index contributed by atoms with van der Waals surface area (Å²) >= 11 is 18.7. The summed E-state index contributed by atoms with van der Waals surface area (Å²) in [5.74, 6) is -2.29. The highest BCUT2D eigenvalue weighted by Crippen LogP contribution is 2.49. The Labute approximate surface area is 188 Å². The zero-order valence-corrected chi connectivity index (χ0v) is 18.0. The molecule has 8 heteroatoms. The maximum absolute atomic E-state index is 13.5. The molecule has 0 bridgehead atoms. The lowest BCUT2D eigenvalue weighted by molar-refractivity contribution is -0.123. The molecule has 4 unspecified atom stereocenters. The standard InChI is InChI=1S/C22H17Cl3N2O3/c23-12-6-2-1-5-11(12)20(28)19-17-16(14-9-4-10-26(14)19)21(29)27(22(17)30)15-8-3-7-13(24)18(15)25/h1-3,5-8,14,16-17,19H,4,9-10H2. The van der Waals surface area contributed by atoms with E-state index in [0.29, 0.717) is 17.1 Å². The van der Waals surface area contributed by atoms with Gasteiger partial charge in [0.05, 0.1) is 38.6 Å². The van der Waals surface area contributed by atoms with Crippen LogP contribution in [0.1, 0.15) is 23.2 Å². The maximum atomic E-state index is 13.5. The van der Waals surface area contributed by atoms with Crippen molar-refractivity contribution < 1.29 is 14.4 Å². The van der Waals surface area contributed by atoms with Crippen molar-refractivity contribution in [3.63, 3.8) is 0 Å². The lowest BCUT2D eigenvalue weighted by Crippen LogP contribution is -2.46. The van der Waals surface area contributed by atoms with E-state index in [4.69, 9.17) is 34.8 Å². The number of benzene rings is 2. The minimum absolute atomic E-state index is 0.147. The van der Waals surface area contributed by atoms with E-state index in [-0.39, 0.29) is 33.5 Å². The quantitative estimate of drug-likeness (QED) is 0.497. The Morgan fingerprint density at radius 1 is 0.900 bits per heavy atom. The molecule has 2 aromatic rings. The van der Waals surface area contributed by atoms with Crippen molar-refractivity contribution in [2.75, 3.05) is 11.4 Å². The molecule has 3 aliphatic heterocycles. The van der Waals surface area contributed by atoms with Crippen LogP contribution in [0.15, 0.2) is 42.5 Å². The van der Waals surface area contributed by atoms with Crippen LogP contribution < -0.4 is 4.90 Å². The van der Waals surface area contributed by atoms with Gasteiger partial charge >= 0.3 is 0 Å². The second-order valence-corrected chi connectivity index (χ2v) is 9.07. The van der Waals surface area contributed by atoms with E-state index in [1.165, 1.54) is 0 Å². The van der Waals surface area contributed by atoms with E-state index in [9.17, 15) is 14.4 Å². The Bertz CT molecular complexity index is 1090. The molecule has 0 aromatic heterocycles. The molecule has 2 aromatic carbocycles. The average molecular weight is 464 g/mol. The molecule has 3 saturated heterocycles. The molecule has 0 N–H and O–H groups in total. The van der Waals surface area contributed by atoms with Crippen LogP contribution in [0.5, 0.6) is 0 Å². The number of hydrogen-bond donors (Lipinski definition) is 0. The van der Waals surface area contributed by atoms with Crippen LogP contribution in [-0.2, 0) is 9.59 Å². The largest absolute Gasteiger partial charge is 0.292 e. The van der Waals surface area contributed by atoms with E-state index in [1.807, 2.05) is 4.90 Å². The fourth-order valence-corrected chi connectivity index (χ4v) is 5.85. The van der Waals surface area contributed by atoms with E-state index in [2.05, 4.69) is 0 Å². The number of hydrogen-bond acceptors (Lipinski definition) is 4. The highest BCUT2D eigenvalue weighted by atomic mass is 35.5. The summed E-state index contributed by atoms with van der Waals surface area (Å²) < 4.78 is 0. The topological polar surface area (TPSA) is 57.7 Å². The molecule has 3 heterocycles. The summed E-state index contributed by atoms with van der Waals surface area (Å²) in [5, 5.41) is 0.754. The predicted molar refractivity (Wildman–Crippen MR) is 115 cm³/mol. The van der Waals surface area contributed by atoms with Gasteiger partial charge in [0.25, 0.3) is 0 Å². The number of halogens is 3. The lowest BCUT2D eigenvalue weighted by Gasteiger charge is -2.28. The molecular weight excluding hydrogens is 447 g/mol. The number of imide groups is 1. The Kier molecular flexibility index (Phi) is 4.90. The molecule has 0 radical (unpaired) electrons. The zero-order chi connectivity index (χ0) is 21.2. The number of amides is 2. The Morgan fingerprint density at radius 3 is 2.37 bits per heavy atom. The molecule has 4 atom stereocenters. The van der Waals surface area contributed by atoms with E-state index >= 15 is 0 Å². The van der Waals surface area contributed by atoms with E-state index in [1.54, 1.807) is 42.5 Å². The number of nitrogens with zero attached hydrogens (tertiary/aromatic N) is 2. The number of carbonyl (C=O) groups is 3. The van der Waals surface area contributed by atoms with Crippen LogP contribution in [0.2, 0.25) is 15.1 Å². The van der Waals surface area contributed by atoms with E-state index < -0.39 is 23.8 Å². The molecule has 30 heavy (non-hydrogen) atoms. The molecule has 0 aliphatic carbocycles. The average Bonchev–Trinajstić information content (AvgIpc) is 3.37. The van der Waals surface area contributed by atoms with Crippen LogP contribution in [0, 0.1) is 11.8 Å². The monoisotopic (exact) mass is 462 g/mol. The van der Waals surface area contributed by atoms with Gasteiger partial charge < -0.3 is 0 Å². The molecule has 2 amide bonds. The number of ketones is 1. The number of rotatable bonds is 3. The number of fused-ring (bicyclic) bond motifs is 3. The molecule has 0 spiro atoms. The fourth-order valence-electron chi connectivity index (χ4n) is 5.24. The van der Waals surface area contributed by atoms with Gasteiger partial charge in [-0.2, -0.15) is 0 Å². The van der Waals surface area contributed by atoms with Gasteiger partial charge in [0.1, 0.15) is 0 Å². The van der Waals surface area contributed by atoms with Crippen molar-refractivity contribution in [1.82, 2.24) is 4.90 Å². The molecule has 0 saturated carbocycles. The lowest BCUT2D eigenvalue weighted by atomic mass is 9.85. The Morgan fingerprint density at radius 2 is 1.60 bits per heavy atom. The summed E-state index contributed by atoms with van der Waals surface area (Å²) in [7, 11) is 0. The molecule has 3 fully saturated rings. The first kappa shape index (κ1) is 20.0.